The zero-order chi connectivity index (χ0) is 29.0. The van der Waals surface area contributed by atoms with E-state index in [0.29, 0.717) is 11.3 Å². The Morgan fingerprint density at radius 3 is 2.36 bits per heavy atom. The van der Waals surface area contributed by atoms with Crippen LogP contribution in [0.3, 0.4) is 0 Å². The fourth-order valence-corrected chi connectivity index (χ4v) is 5.14. The number of amides is 1. The van der Waals surface area contributed by atoms with Crippen molar-refractivity contribution in [2.45, 2.75) is 52.7 Å². The number of anilines is 1. The first kappa shape index (κ1) is 29.7. The largest absolute Gasteiger partial charge is 0.480 e. The number of benzene rings is 2. The van der Waals surface area contributed by atoms with E-state index in [9.17, 15) is 27.5 Å². The van der Waals surface area contributed by atoms with Crippen molar-refractivity contribution in [1.29, 1.82) is 0 Å². The smallest absolute Gasteiger partial charge is 0.412 e. The molecule has 0 aliphatic rings. The Morgan fingerprint density at radius 1 is 1.13 bits per heavy atom. The molecule has 39 heavy (non-hydrogen) atoms. The number of aliphatic carboxylic acids is 1. The fraction of sp³-hybridized carbons (Fsp3) is 0.385. The van der Waals surface area contributed by atoms with Gasteiger partial charge in [0.05, 0.1) is 11.3 Å². The van der Waals surface area contributed by atoms with Crippen LogP contribution < -0.4 is 10.0 Å². The van der Waals surface area contributed by atoms with E-state index >= 15 is 0 Å². The number of halogens is 1. The van der Waals surface area contributed by atoms with Crippen LogP contribution in [0, 0.1) is 11.7 Å². The molecule has 11 nitrogen and oxygen atoms in total. The first-order valence-electron chi connectivity index (χ1n) is 12.1. The minimum atomic E-state index is -3.83. The highest BCUT2D eigenvalue weighted by Crippen LogP contribution is 2.26. The molecule has 0 fully saturated rings. The van der Waals surface area contributed by atoms with Gasteiger partial charge in [-0.2, -0.15) is 4.98 Å². The molecule has 0 saturated heterocycles. The molecule has 210 valence electrons. The van der Waals surface area contributed by atoms with Crippen molar-refractivity contribution in [3.05, 3.63) is 53.8 Å². The second-order valence-corrected chi connectivity index (χ2v) is 12.1. The molecule has 2 aromatic carbocycles. The van der Waals surface area contributed by atoms with E-state index in [4.69, 9.17) is 9.26 Å². The number of carboxylic acids is 1. The molecule has 0 aliphatic carbocycles. The number of aromatic nitrogens is 2. The maximum Gasteiger partial charge on any atom is 0.412 e. The SMILES string of the molecule is CC(C)CS(=O)(=O)NC(Cc1ccc(-c2noc(-c3ccc(NC(=O)OC(C)(C)C)cc3)n2)c(F)c1)C(=O)O. The molecule has 0 bridgehead atoms. The summed E-state index contributed by atoms with van der Waals surface area (Å²) in [6.07, 6.45) is -0.859. The molecule has 3 rings (SSSR count). The second-order valence-electron chi connectivity index (χ2n) is 10.3. The summed E-state index contributed by atoms with van der Waals surface area (Å²) < 4.78 is 52.0. The Hall–Kier alpha value is -3.84. The van der Waals surface area contributed by atoms with Crippen molar-refractivity contribution >= 4 is 27.8 Å². The van der Waals surface area contributed by atoms with E-state index in [1.807, 2.05) is 0 Å². The predicted octanol–water partition coefficient (Wildman–Crippen LogP) is 4.46. The molecule has 1 heterocycles. The van der Waals surface area contributed by atoms with Gasteiger partial charge in [0, 0.05) is 11.3 Å². The number of rotatable bonds is 10. The summed E-state index contributed by atoms with van der Waals surface area (Å²) in [7, 11) is -3.83. The van der Waals surface area contributed by atoms with Gasteiger partial charge in [-0.3, -0.25) is 10.1 Å². The number of carbonyl (C=O) groups excluding carboxylic acids is 1. The quantitative estimate of drug-likeness (QED) is 0.324. The molecular weight excluding hydrogens is 531 g/mol. The summed E-state index contributed by atoms with van der Waals surface area (Å²) in [6.45, 7) is 8.66. The van der Waals surface area contributed by atoms with Crippen LogP contribution in [-0.2, 0) is 26.0 Å². The van der Waals surface area contributed by atoms with Crippen molar-refractivity contribution in [3.63, 3.8) is 0 Å². The summed E-state index contributed by atoms with van der Waals surface area (Å²) in [4.78, 5) is 27.8. The van der Waals surface area contributed by atoms with Crippen LogP contribution in [0.5, 0.6) is 0 Å². The first-order valence-corrected chi connectivity index (χ1v) is 13.7. The van der Waals surface area contributed by atoms with Gasteiger partial charge in [0.1, 0.15) is 17.5 Å². The first-order chi connectivity index (χ1) is 18.1. The van der Waals surface area contributed by atoms with Crippen LogP contribution in [0.4, 0.5) is 14.9 Å². The highest BCUT2D eigenvalue weighted by Gasteiger charge is 2.26. The Bertz CT molecular complexity index is 1430. The number of sulfonamides is 1. The molecular formula is C26H31FN4O7S. The summed E-state index contributed by atoms with van der Waals surface area (Å²) in [5, 5.41) is 15.9. The lowest BCUT2D eigenvalue weighted by atomic mass is 10.0. The van der Waals surface area contributed by atoms with E-state index in [1.165, 1.54) is 12.1 Å². The van der Waals surface area contributed by atoms with Crippen molar-refractivity contribution in [3.8, 4) is 22.8 Å². The van der Waals surface area contributed by atoms with Crippen molar-refractivity contribution in [2.24, 2.45) is 5.92 Å². The molecule has 1 unspecified atom stereocenters. The minimum Gasteiger partial charge on any atom is -0.480 e. The van der Waals surface area contributed by atoms with Crippen LogP contribution >= 0.6 is 0 Å². The summed E-state index contributed by atoms with van der Waals surface area (Å²) in [5.41, 5.74) is 0.664. The molecule has 3 N–H and O–H groups in total. The summed E-state index contributed by atoms with van der Waals surface area (Å²) in [6, 6.07) is 9.00. The number of hydrogen-bond acceptors (Lipinski definition) is 8. The molecule has 1 atom stereocenters. The van der Waals surface area contributed by atoms with E-state index in [1.54, 1.807) is 58.9 Å². The molecule has 0 spiro atoms. The Morgan fingerprint density at radius 2 is 1.79 bits per heavy atom. The molecule has 3 aromatic rings. The van der Waals surface area contributed by atoms with Gasteiger partial charge in [-0.15, -0.1) is 0 Å². The van der Waals surface area contributed by atoms with Gasteiger partial charge in [0.15, 0.2) is 0 Å². The Labute approximate surface area is 225 Å². The average molecular weight is 563 g/mol. The lowest BCUT2D eigenvalue weighted by molar-refractivity contribution is -0.138. The zero-order valence-corrected chi connectivity index (χ0v) is 23.0. The van der Waals surface area contributed by atoms with Gasteiger partial charge >= 0.3 is 12.1 Å². The van der Waals surface area contributed by atoms with E-state index in [0.717, 1.165) is 6.07 Å². The maximum atomic E-state index is 14.9. The van der Waals surface area contributed by atoms with Gasteiger partial charge < -0.3 is 14.4 Å². The zero-order valence-electron chi connectivity index (χ0n) is 22.2. The van der Waals surface area contributed by atoms with Gasteiger partial charge in [0.25, 0.3) is 5.89 Å². The highest BCUT2D eigenvalue weighted by molar-refractivity contribution is 7.89. The van der Waals surface area contributed by atoms with Crippen molar-refractivity contribution in [1.82, 2.24) is 14.9 Å². The lowest BCUT2D eigenvalue weighted by Gasteiger charge is -2.19. The number of nitrogens with zero attached hydrogens (tertiary/aromatic N) is 2. The van der Waals surface area contributed by atoms with Crippen molar-refractivity contribution in [2.75, 3.05) is 11.1 Å². The van der Waals surface area contributed by atoms with E-state index < -0.39 is 39.5 Å². The summed E-state index contributed by atoms with van der Waals surface area (Å²) in [5.74, 6) is -2.44. The highest BCUT2D eigenvalue weighted by atomic mass is 32.2. The third kappa shape index (κ3) is 8.86. The van der Waals surface area contributed by atoms with E-state index in [-0.39, 0.29) is 40.9 Å². The number of carboxylic acid groups (broad SMARTS) is 1. The predicted molar refractivity (Wildman–Crippen MR) is 142 cm³/mol. The molecule has 0 aliphatic heterocycles. The normalized spacial score (nSPS) is 12.8. The molecule has 13 heteroatoms. The van der Waals surface area contributed by atoms with Gasteiger partial charge in [0.2, 0.25) is 15.8 Å². The number of nitrogens with one attached hydrogen (secondary N) is 2. The fourth-order valence-electron chi connectivity index (χ4n) is 3.55. The number of carbonyl (C=O) groups is 2. The minimum absolute atomic E-state index is 0.0178. The lowest BCUT2D eigenvalue weighted by Crippen LogP contribution is -2.43. The topological polar surface area (TPSA) is 161 Å². The van der Waals surface area contributed by atoms with Gasteiger partial charge in [-0.05, 0) is 75.1 Å². The number of hydrogen-bond donors (Lipinski definition) is 3. The molecule has 0 saturated carbocycles. The van der Waals surface area contributed by atoms with Gasteiger partial charge in [-0.25, -0.2) is 22.3 Å². The van der Waals surface area contributed by atoms with Gasteiger partial charge in [-0.1, -0.05) is 25.1 Å². The molecule has 1 amide bonds. The standard InChI is InChI=1S/C26H31FN4O7S/c1-15(2)14-39(35,36)31-21(24(32)33)13-16-6-11-19(20(27)12-16)22-29-23(38-30-22)17-7-9-18(10-8-17)28-25(34)37-26(3,4)5/h6-12,15,21,31H,13-14H2,1-5H3,(H,28,34)(H,32,33). The van der Waals surface area contributed by atoms with E-state index in [2.05, 4.69) is 20.2 Å². The second kappa shape index (κ2) is 11.9. The molecule has 0 radical (unpaired) electrons. The summed E-state index contributed by atoms with van der Waals surface area (Å²) >= 11 is 0. The van der Waals surface area contributed by atoms with Crippen LogP contribution in [-0.4, -0.2) is 53.1 Å². The van der Waals surface area contributed by atoms with Crippen LogP contribution in [0.25, 0.3) is 22.8 Å². The monoisotopic (exact) mass is 562 g/mol. The maximum absolute atomic E-state index is 14.9. The average Bonchev–Trinajstić information content (AvgIpc) is 3.26. The third-order valence-electron chi connectivity index (χ3n) is 5.09. The Balaban J connectivity index is 1.71. The van der Waals surface area contributed by atoms with Crippen LogP contribution in [0.2, 0.25) is 0 Å². The van der Waals surface area contributed by atoms with Crippen LogP contribution in [0.1, 0.15) is 40.2 Å². The number of ether oxygens (including phenoxy) is 1. The Kier molecular flexibility index (Phi) is 9.07. The van der Waals surface area contributed by atoms with Crippen molar-refractivity contribution < 1.29 is 36.8 Å². The van der Waals surface area contributed by atoms with Crippen LogP contribution in [0.15, 0.2) is 47.0 Å². The third-order valence-corrected chi connectivity index (χ3v) is 6.84. The molecule has 1 aromatic heterocycles.